The maximum absolute atomic E-state index is 13.5. The minimum Gasteiger partial charge on any atom is -0.344 e. The smallest absolute Gasteiger partial charge is 0.290 e. The SMILES string of the molecule is Cc1ccc(S(=O)(=O)CNC(=O)C(=O)[C@H](Cc2ccc(Cl)cc2)NC(=O)[C@H](CC(C)C)NC(=O)CCCCC2CCSS2=O)cc1. The van der Waals surface area contributed by atoms with Gasteiger partial charge in [0.15, 0.2) is 9.84 Å². The molecule has 1 heterocycles. The van der Waals surface area contributed by atoms with E-state index in [9.17, 15) is 31.8 Å². The van der Waals surface area contributed by atoms with Crippen LogP contribution in [-0.2, 0) is 45.3 Å². The normalized spacial score (nSPS) is 17.7. The van der Waals surface area contributed by atoms with Gasteiger partial charge in [0.05, 0.1) is 14.7 Å². The van der Waals surface area contributed by atoms with E-state index in [-0.39, 0.29) is 34.8 Å². The molecule has 0 aromatic heterocycles. The van der Waals surface area contributed by atoms with Crippen molar-refractivity contribution in [1.29, 1.82) is 0 Å². The van der Waals surface area contributed by atoms with E-state index in [4.69, 9.17) is 11.6 Å². The third-order valence-corrected chi connectivity index (χ3v) is 12.9. The first-order chi connectivity index (χ1) is 21.7. The molecular weight excluding hydrogens is 670 g/mol. The molecule has 1 aliphatic rings. The second kappa shape index (κ2) is 18.0. The van der Waals surface area contributed by atoms with Gasteiger partial charge in [-0.05, 0) is 68.4 Å². The van der Waals surface area contributed by atoms with Gasteiger partial charge >= 0.3 is 0 Å². The Hall–Kier alpha value is -2.74. The molecule has 0 bridgehead atoms. The molecule has 14 heteroatoms. The topological polar surface area (TPSA) is 156 Å². The first-order valence-electron chi connectivity index (χ1n) is 15.2. The predicted octanol–water partition coefficient (Wildman–Crippen LogP) is 4.05. The van der Waals surface area contributed by atoms with Crippen LogP contribution in [0.1, 0.15) is 63.5 Å². The van der Waals surface area contributed by atoms with E-state index in [1.807, 2.05) is 20.8 Å². The number of rotatable bonds is 17. The fourth-order valence-electron chi connectivity index (χ4n) is 4.89. The largest absolute Gasteiger partial charge is 0.344 e. The number of carbonyl (C=O) groups excluding carboxylic acids is 4. The average Bonchev–Trinajstić information content (AvgIpc) is 3.42. The highest BCUT2D eigenvalue weighted by molar-refractivity contribution is 8.69. The zero-order valence-corrected chi connectivity index (χ0v) is 29.5. The summed E-state index contributed by atoms with van der Waals surface area (Å²) in [5.41, 5.74) is 1.47. The van der Waals surface area contributed by atoms with Gasteiger partial charge in [-0.1, -0.05) is 72.5 Å². The monoisotopic (exact) mass is 711 g/mol. The van der Waals surface area contributed by atoms with Gasteiger partial charge in [0, 0.05) is 28.9 Å². The molecule has 2 aromatic carbocycles. The summed E-state index contributed by atoms with van der Waals surface area (Å²) in [4.78, 5) is 52.6. The summed E-state index contributed by atoms with van der Waals surface area (Å²) in [6, 6.07) is 10.3. The third kappa shape index (κ3) is 12.1. The van der Waals surface area contributed by atoms with Gasteiger partial charge in [-0.3, -0.25) is 19.2 Å². The highest BCUT2D eigenvalue weighted by Crippen LogP contribution is 2.29. The van der Waals surface area contributed by atoms with Crippen molar-refractivity contribution in [3.63, 3.8) is 0 Å². The second-order valence-corrected chi connectivity index (χ2v) is 17.8. The van der Waals surface area contributed by atoms with Crippen molar-refractivity contribution >= 4 is 65.6 Å². The maximum Gasteiger partial charge on any atom is 0.290 e. The zero-order valence-electron chi connectivity index (χ0n) is 26.3. The van der Waals surface area contributed by atoms with Gasteiger partial charge in [-0.2, -0.15) is 0 Å². The molecule has 3 rings (SSSR count). The van der Waals surface area contributed by atoms with Gasteiger partial charge < -0.3 is 16.0 Å². The Balaban J connectivity index is 1.67. The summed E-state index contributed by atoms with van der Waals surface area (Å²) in [6.45, 7) is 5.60. The predicted molar refractivity (Wildman–Crippen MR) is 182 cm³/mol. The van der Waals surface area contributed by atoms with E-state index in [1.165, 1.54) is 22.9 Å². The van der Waals surface area contributed by atoms with Crippen LogP contribution in [0.3, 0.4) is 0 Å². The van der Waals surface area contributed by atoms with Gasteiger partial charge in [0.1, 0.15) is 18.0 Å². The molecule has 10 nitrogen and oxygen atoms in total. The molecule has 1 aliphatic heterocycles. The molecule has 1 saturated heterocycles. The van der Waals surface area contributed by atoms with E-state index in [1.54, 1.807) is 36.4 Å². The molecule has 252 valence electrons. The van der Waals surface area contributed by atoms with Crippen molar-refractivity contribution in [2.75, 3.05) is 11.6 Å². The number of benzene rings is 2. The standard InChI is InChI=1S/C32H42ClN3O7S3/c1-21(2)18-28(35-29(37)7-5-4-6-25-16-17-44-45(25)41)31(39)36-27(19-23-10-12-24(33)13-11-23)30(38)32(40)34-20-46(42,43)26-14-8-22(3)9-15-26/h8-15,21,25,27-28H,4-7,16-20H2,1-3H3,(H,34,40)(H,35,37)(H,36,39)/t25?,27-,28-,45?/m0/s1. The van der Waals surface area contributed by atoms with Gasteiger partial charge in [-0.15, -0.1) is 0 Å². The van der Waals surface area contributed by atoms with Crippen molar-refractivity contribution < 1.29 is 31.8 Å². The molecule has 3 N–H and O–H groups in total. The lowest BCUT2D eigenvalue weighted by Gasteiger charge is -2.24. The number of Topliss-reactive ketones (excluding diaryl/α,β-unsaturated/α-hetero) is 1. The zero-order chi connectivity index (χ0) is 33.9. The molecule has 1 fully saturated rings. The van der Waals surface area contributed by atoms with Gasteiger partial charge in [0.2, 0.25) is 17.6 Å². The molecule has 0 saturated carbocycles. The first kappa shape index (κ1) is 37.7. The lowest BCUT2D eigenvalue weighted by Crippen LogP contribution is -2.55. The summed E-state index contributed by atoms with van der Waals surface area (Å²) in [6.07, 6.45) is 3.45. The minimum atomic E-state index is -3.93. The number of hydrogen-bond donors (Lipinski definition) is 3. The van der Waals surface area contributed by atoms with Crippen LogP contribution in [0.2, 0.25) is 5.02 Å². The highest BCUT2D eigenvalue weighted by Gasteiger charge is 2.32. The lowest BCUT2D eigenvalue weighted by atomic mass is 9.99. The van der Waals surface area contributed by atoms with Crippen molar-refractivity contribution in [2.45, 2.75) is 87.9 Å². The quantitative estimate of drug-likeness (QED) is 0.126. The van der Waals surface area contributed by atoms with E-state index in [2.05, 4.69) is 16.0 Å². The van der Waals surface area contributed by atoms with Gasteiger partial charge in [-0.25, -0.2) is 12.6 Å². The van der Waals surface area contributed by atoms with Gasteiger partial charge in [0.25, 0.3) is 5.91 Å². The highest BCUT2D eigenvalue weighted by atomic mass is 35.5. The lowest BCUT2D eigenvalue weighted by molar-refractivity contribution is -0.140. The summed E-state index contributed by atoms with van der Waals surface area (Å²) >= 11 is 6.00. The summed E-state index contributed by atoms with van der Waals surface area (Å²) in [5, 5.41) is 8.22. The minimum absolute atomic E-state index is 0.00311. The molecule has 0 spiro atoms. The van der Waals surface area contributed by atoms with Crippen LogP contribution in [0.5, 0.6) is 0 Å². The molecular formula is C32H42ClN3O7S3. The average molecular weight is 712 g/mol. The number of sulfone groups is 1. The molecule has 0 radical (unpaired) electrons. The maximum atomic E-state index is 13.5. The van der Waals surface area contributed by atoms with Crippen LogP contribution in [0.15, 0.2) is 53.4 Å². The Morgan fingerprint density at radius 3 is 2.26 bits per heavy atom. The Kier molecular flexibility index (Phi) is 14.7. The number of hydrogen-bond acceptors (Lipinski definition) is 8. The molecule has 2 aromatic rings. The molecule has 46 heavy (non-hydrogen) atoms. The first-order valence-corrected chi connectivity index (χ1v) is 20.0. The van der Waals surface area contributed by atoms with Crippen LogP contribution in [0.25, 0.3) is 0 Å². The molecule has 4 atom stereocenters. The van der Waals surface area contributed by atoms with E-state index in [0.717, 1.165) is 30.6 Å². The van der Waals surface area contributed by atoms with Crippen molar-refractivity contribution in [2.24, 2.45) is 5.92 Å². The Morgan fingerprint density at radius 2 is 1.65 bits per heavy atom. The van der Waals surface area contributed by atoms with E-state index < -0.39 is 55.2 Å². The number of amides is 3. The fourth-order valence-corrected chi connectivity index (χ4v) is 9.55. The Labute approximate surface area is 282 Å². The number of nitrogens with one attached hydrogen (secondary N) is 3. The number of ketones is 1. The van der Waals surface area contributed by atoms with E-state index in [0.29, 0.717) is 23.4 Å². The van der Waals surface area contributed by atoms with Crippen molar-refractivity contribution in [1.82, 2.24) is 16.0 Å². The van der Waals surface area contributed by atoms with E-state index >= 15 is 0 Å². The number of aryl methyl sites for hydroxylation is 1. The molecule has 3 amide bonds. The van der Waals surface area contributed by atoms with Crippen LogP contribution in [-0.4, -0.2) is 65.1 Å². The van der Waals surface area contributed by atoms with Crippen LogP contribution in [0.4, 0.5) is 0 Å². The molecule has 0 aliphatic carbocycles. The number of unbranched alkanes of at least 4 members (excludes halogenated alkanes) is 1. The van der Waals surface area contributed by atoms with Crippen molar-refractivity contribution in [3.8, 4) is 0 Å². The van der Waals surface area contributed by atoms with Crippen LogP contribution < -0.4 is 16.0 Å². The Morgan fingerprint density at radius 1 is 0.978 bits per heavy atom. The summed E-state index contributed by atoms with van der Waals surface area (Å²) < 4.78 is 37.4. The Bertz CT molecular complexity index is 1500. The summed E-state index contributed by atoms with van der Waals surface area (Å²) in [5.74, 6) is -3.04. The molecule has 2 unspecified atom stereocenters. The van der Waals surface area contributed by atoms with Crippen LogP contribution in [0, 0.1) is 12.8 Å². The second-order valence-electron chi connectivity index (χ2n) is 11.8. The summed E-state index contributed by atoms with van der Waals surface area (Å²) in [7, 11) is -3.33. The third-order valence-electron chi connectivity index (χ3n) is 7.46. The number of carbonyl (C=O) groups is 4. The number of halogens is 1. The van der Waals surface area contributed by atoms with Crippen LogP contribution >= 0.6 is 22.4 Å². The fraction of sp³-hybridized carbons (Fsp3) is 0.500. The van der Waals surface area contributed by atoms with Crippen molar-refractivity contribution in [3.05, 3.63) is 64.7 Å².